The van der Waals surface area contributed by atoms with Crippen LogP contribution >= 0.6 is 0 Å². The maximum absolute atomic E-state index is 15.1. The number of pyridine rings is 2. The fraction of sp³-hybridized carbons (Fsp3) is 0.273. The molecule has 0 saturated heterocycles. The molecule has 1 aliphatic rings. The summed E-state index contributed by atoms with van der Waals surface area (Å²) < 4.78 is 55.1. The van der Waals surface area contributed by atoms with E-state index < -0.39 is 55.8 Å². The van der Waals surface area contributed by atoms with Crippen LogP contribution < -0.4 is 21.3 Å². The lowest BCUT2D eigenvalue weighted by atomic mass is 9.97. The number of amides is 1. The summed E-state index contributed by atoms with van der Waals surface area (Å²) in [5, 5.41) is 2.42. The molecule has 254 valence electrons. The number of fused-ring (bicyclic) bond motifs is 1. The Labute approximate surface area is 278 Å². The standard InChI is InChI=1S/C33H31FN6O8S/c1-39-27-19-35-14-13-24(27)31(42)40(33(39)44)22-11-9-20(10-12-22)16-26(32(43)48-23-6-3-2-4-7-23)37-30(41)29-25(34)17-21(18-36-29)38-49(45,46)28-8-5-15-47-28/h5,8-15,17-19,23,26,38H,2-4,6-7,16H2,1H3,(H,37,41)/t26-/m0/s1. The van der Waals surface area contributed by atoms with Gasteiger partial charge in [-0.05, 0) is 61.6 Å². The summed E-state index contributed by atoms with van der Waals surface area (Å²) in [5.74, 6) is -2.89. The van der Waals surface area contributed by atoms with Crippen LogP contribution in [0.5, 0.6) is 0 Å². The van der Waals surface area contributed by atoms with Gasteiger partial charge in [-0.3, -0.25) is 23.9 Å². The Hall–Kier alpha value is -5.64. The molecule has 14 nitrogen and oxygen atoms in total. The molecule has 4 aromatic heterocycles. The van der Waals surface area contributed by atoms with Crippen molar-refractivity contribution >= 4 is 38.5 Å². The van der Waals surface area contributed by atoms with Crippen LogP contribution in [0.1, 0.15) is 48.2 Å². The number of nitrogens with zero attached hydrogens (tertiary/aromatic N) is 4. The number of nitrogens with one attached hydrogen (secondary N) is 2. The molecule has 16 heteroatoms. The maximum Gasteiger partial charge on any atom is 0.335 e. The molecular weight excluding hydrogens is 659 g/mol. The van der Waals surface area contributed by atoms with Crippen LogP contribution in [0.15, 0.2) is 92.5 Å². The minimum Gasteiger partial charge on any atom is -0.461 e. The second-order valence-electron chi connectivity index (χ2n) is 11.6. The molecule has 1 saturated carbocycles. The summed E-state index contributed by atoms with van der Waals surface area (Å²) in [6, 6.07) is 9.91. The van der Waals surface area contributed by atoms with E-state index in [9.17, 15) is 27.6 Å². The quantitative estimate of drug-likeness (QED) is 0.206. The molecule has 1 atom stereocenters. The normalized spacial score (nSPS) is 14.3. The Morgan fingerprint density at radius 1 is 1.08 bits per heavy atom. The molecule has 0 unspecified atom stereocenters. The second-order valence-corrected chi connectivity index (χ2v) is 13.2. The van der Waals surface area contributed by atoms with Crippen LogP contribution in [-0.4, -0.2) is 51.5 Å². The predicted molar refractivity (Wildman–Crippen MR) is 174 cm³/mol. The van der Waals surface area contributed by atoms with Gasteiger partial charge in [0.05, 0.1) is 40.9 Å². The van der Waals surface area contributed by atoms with Crippen molar-refractivity contribution in [3.05, 3.63) is 111 Å². The van der Waals surface area contributed by atoms with Gasteiger partial charge in [0, 0.05) is 25.7 Å². The number of furan rings is 1. The Morgan fingerprint density at radius 2 is 1.84 bits per heavy atom. The van der Waals surface area contributed by atoms with Crippen LogP contribution in [0.2, 0.25) is 0 Å². The first-order valence-electron chi connectivity index (χ1n) is 15.4. The molecule has 1 aromatic carbocycles. The number of sulfonamides is 1. The molecule has 1 fully saturated rings. The van der Waals surface area contributed by atoms with Crippen LogP contribution in [0, 0.1) is 5.82 Å². The van der Waals surface area contributed by atoms with Gasteiger partial charge in [0.15, 0.2) is 11.5 Å². The molecule has 1 amide bonds. The van der Waals surface area contributed by atoms with Crippen molar-refractivity contribution in [2.45, 2.75) is 55.8 Å². The van der Waals surface area contributed by atoms with Gasteiger partial charge in [0.2, 0.25) is 5.09 Å². The second kappa shape index (κ2) is 13.8. The third-order valence-electron chi connectivity index (χ3n) is 8.20. The largest absolute Gasteiger partial charge is 0.461 e. The molecular formula is C33H31FN6O8S. The lowest BCUT2D eigenvalue weighted by Crippen LogP contribution is -2.45. The van der Waals surface area contributed by atoms with Crippen molar-refractivity contribution in [1.82, 2.24) is 24.4 Å². The van der Waals surface area contributed by atoms with E-state index >= 15 is 4.39 Å². The molecule has 0 bridgehead atoms. The fourth-order valence-electron chi connectivity index (χ4n) is 5.67. The zero-order chi connectivity index (χ0) is 34.7. The Kier molecular flexibility index (Phi) is 9.40. The lowest BCUT2D eigenvalue weighted by Gasteiger charge is -2.25. The Balaban J connectivity index is 1.23. The smallest absolute Gasteiger partial charge is 0.335 e. The topological polar surface area (TPSA) is 184 Å². The van der Waals surface area contributed by atoms with Crippen LogP contribution in [-0.2, 0) is 33.0 Å². The average Bonchev–Trinajstić information content (AvgIpc) is 3.65. The van der Waals surface area contributed by atoms with E-state index in [0.717, 1.165) is 42.4 Å². The van der Waals surface area contributed by atoms with Crippen molar-refractivity contribution in [3.63, 3.8) is 0 Å². The molecule has 6 rings (SSSR count). The van der Waals surface area contributed by atoms with E-state index in [1.165, 1.54) is 42.2 Å². The summed E-state index contributed by atoms with van der Waals surface area (Å²) >= 11 is 0. The molecule has 1 aliphatic carbocycles. The number of aromatic nitrogens is 4. The van der Waals surface area contributed by atoms with Crippen LogP contribution in [0.4, 0.5) is 10.1 Å². The molecule has 0 radical (unpaired) electrons. The number of halogens is 1. The van der Waals surface area contributed by atoms with E-state index in [4.69, 9.17) is 9.15 Å². The molecule has 2 N–H and O–H groups in total. The highest BCUT2D eigenvalue weighted by Crippen LogP contribution is 2.22. The molecule has 5 aromatic rings. The van der Waals surface area contributed by atoms with Gasteiger partial charge < -0.3 is 14.5 Å². The zero-order valence-corrected chi connectivity index (χ0v) is 27.0. The first-order valence-corrected chi connectivity index (χ1v) is 16.9. The van der Waals surface area contributed by atoms with Gasteiger partial charge in [-0.2, -0.15) is 8.42 Å². The minimum atomic E-state index is -4.16. The van der Waals surface area contributed by atoms with Crippen molar-refractivity contribution in [1.29, 1.82) is 0 Å². The fourth-order valence-corrected chi connectivity index (χ4v) is 6.63. The summed E-state index contributed by atoms with van der Waals surface area (Å²) in [4.78, 5) is 60.7. The molecule has 0 aliphatic heterocycles. The summed E-state index contributed by atoms with van der Waals surface area (Å²) in [6.07, 6.45) is 8.79. The number of hydrogen-bond donors (Lipinski definition) is 2. The number of anilines is 1. The van der Waals surface area contributed by atoms with Crippen LogP contribution in [0.25, 0.3) is 16.6 Å². The van der Waals surface area contributed by atoms with Gasteiger partial charge >= 0.3 is 11.7 Å². The van der Waals surface area contributed by atoms with E-state index in [-0.39, 0.29) is 23.9 Å². The number of carbonyl (C=O) groups is 2. The van der Waals surface area contributed by atoms with Crippen LogP contribution in [0.3, 0.4) is 0 Å². The predicted octanol–water partition coefficient (Wildman–Crippen LogP) is 3.23. The van der Waals surface area contributed by atoms with Crippen molar-refractivity contribution < 1.29 is 31.6 Å². The number of hydrogen-bond acceptors (Lipinski definition) is 10. The van der Waals surface area contributed by atoms with E-state index in [1.807, 2.05) is 0 Å². The van der Waals surface area contributed by atoms with Crippen molar-refractivity contribution in [2.75, 3.05) is 4.72 Å². The lowest BCUT2D eigenvalue weighted by molar-refractivity contribution is -0.152. The molecule has 49 heavy (non-hydrogen) atoms. The molecule has 0 spiro atoms. The first-order chi connectivity index (χ1) is 23.5. The van der Waals surface area contributed by atoms with E-state index in [0.29, 0.717) is 29.3 Å². The van der Waals surface area contributed by atoms with E-state index in [2.05, 4.69) is 20.0 Å². The average molecular weight is 691 g/mol. The Bertz CT molecular complexity index is 2250. The monoisotopic (exact) mass is 690 g/mol. The number of aryl methyl sites for hydroxylation is 1. The van der Waals surface area contributed by atoms with Gasteiger partial charge in [-0.15, -0.1) is 0 Å². The third kappa shape index (κ3) is 7.13. The molecule has 4 heterocycles. The van der Waals surface area contributed by atoms with Gasteiger partial charge in [0.1, 0.15) is 12.1 Å². The number of ether oxygens (including phenoxy) is 1. The summed E-state index contributed by atoms with van der Waals surface area (Å²) in [6.45, 7) is 0. The maximum atomic E-state index is 15.1. The van der Waals surface area contributed by atoms with Gasteiger partial charge in [-0.1, -0.05) is 18.6 Å². The van der Waals surface area contributed by atoms with Crippen molar-refractivity contribution in [2.24, 2.45) is 7.05 Å². The summed E-state index contributed by atoms with van der Waals surface area (Å²) in [7, 11) is -2.63. The number of benzene rings is 1. The highest BCUT2D eigenvalue weighted by Gasteiger charge is 2.29. The summed E-state index contributed by atoms with van der Waals surface area (Å²) in [5.41, 5.74) is -0.814. The first kappa shape index (κ1) is 33.3. The number of esters is 1. The van der Waals surface area contributed by atoms with Gasteiger partial charge in [-0.25, -0.2) is 23.5 Å². The third-order valence-corrected chi connectivity index (χ3v) is 9.47. The van der Waals surface area contributed by atoms with E-state index in [1.54, 1.807) is 24.3 Å². The zero-order valence-electron chi connectivity index (χ0n) is 26.2. The SMILES string of the molecule is Cn1c(=O)n(-c2ccc(C[C@H](NC(=O)c3ncc(NS(=O)(=O)c4ccco4)cc3F)C(=O)OC3CCCCC3)cc2)c(=O)c2ccncc21. The highest BCUT2D eigenvalue weighted by molar-refractivity contribution is 7.92. The number of rotatable bonds is 10. The van der Waals surface area contributed by atoms with Crippen molar-refractivity contribution in [3.8, 4) is 5.69 Å². The number of carbonyl (C=O) groups excluding carboxylic acids is 2. The Morgan fingerprint density at radius 3 is 2.53 bits per heavy atom. The highest BCUT2D eigenvalue weighted by atomic mass is 32.2. The minimum absolute atomic E-state index is 0.0729. The van der Waals surface area contributed by atoms with Gasteiger partial charge in [0.25, 0.3) is 21.5 Å².